The second-order valence-electron chi connectivity index (χ2n) is 4.11. The Hall–Kier alpha value is -1.51. The van der Waals surface area contributed by atoms with Crippen molar-refractivity contribution in [3.8, 4) is 0 Å². The van der Waals surface area contributed by atoms with E-state index in [-0.39, 0.29) is 12.1 Å². The van der Waals surface area contributed by atoms with Gasteiger partial charge in [-0.1, -0.05) is 17.7 Å². The molecule has 1 aromatic carbocycles. The summed E-state index contributed by atoms with van der Waals surface area (Å²) in [4.78, 5) is 11.0. The number of benzene rings is 1. The molecule has 1 amide bonds. The highest BCUT2D eigenvalue weighted by molar-refractivity contribution is 5.70. The monoisotopic (exact) mass is 205 g/mol. The molecule has 3 nitrogen and oxygen atoms in total. The zero-order valence-electron chi connectivity index (χ0n) is 9.26. The van der Waals surface area contributed by atoms with Crippen LogP contribution in [-0.4, -0.2) is 12.7 Å². The van der Waals surface area contributed by atoms with Crippen LogP contribution in [0.3, 0.4) is 0 Å². The molecule has 1 aromatic rings. The first-order valence-electron chi connectivity index (χ1n) is 5.09. The van der Waals surface area contributed by atoms with Crippen molar-refractivity contribution in [1.29, 1.82) is 0 Å². The van der Waals surface area contributed by atoms with Crippen LogP contribution in [0.15, 0.2) is 12.1 Å². The van der Waals surface area contributed by atoms with Gasteiger partial charge in [-0.3, -0.25) is 0 Å². The molecule has 0 aromatic heterocycles. The van der Waals surface area contributed by atoms with E-state index in [9.17, 15) is 4.79 Å². The van der Waals surface area contributed by atoms with Gasteiger partial charge in [-0.15, -0.1) is 0 Å². The second-order valence-corrected chi connectivity index (χ2v) is 4.11. The highest BCUT2D eigenvalue weighted by atomic mass is 16.6. The molecule has 1 N–H and O–H groups in total. The van der Waals surface area contributed by atoms with Crippen molar-refractivity contribution >= 4 is 6.09 Å². The highest BCUT2D eigenvalue weighted by Gasteiger charge is 2.26. The van der Waals surface area contributed by atoms with Gasteiger partial charge in [0.25, 0.3) is 0 Å². The number of alkyl carbamates (subject to hydrolysis) is 1. The Morgan fingerprint density at radius 2 is 1.87 bits per heavy atom. The molecule has 0 unspecified atom stereocenters. The van der Waals surface area contributed by atoms with E-state index in [4.69, 9.17) is 4.74 Å². The van der Waals surface area contributed by atoms with Crippen molar-refractivity contribution in [2.75, 3.05) is 6.61 Å². The van der Waals surface area contributed by atoms with Crippen LogP contribution in [0.1, 0.15) is 28.3 Å². The van der Waals surface area contributed by atoms with E-state index in [0.29, 0.717) is 6.61 Å². The largest absolute Gasteiger partial charge is 0.447 e. The molecule has 0 aliphatic carbocycles. The third-order valence-corrected chi connectivity index (χ3v) is 2.76. The van der Waals surface area contributed by atoms with Crippen molar-refractivity contribution in [2.45, 2.75) is 26.8 Å². The van der Waals surface area contributed by atoms with E-state index >= 15 is 0 Å². The second kappa shape index (κ2) is 3.57. The Bertz CT molecular complexity index is 389. The van der Waals surface area contributed by atoms with Gasteiger partial charge in [0.2, 0.25) is 0 Å². The number of carbonyl (C=O) groups is 1. The van der Waals surface area contributed by atoms with Crippen LogP contribution >= 0.6 is 0 Å². The normalized spacial score (nSPS) is 19.9. The van der Waals surface area contributed by atoms with Crippen molar-refractivity contribution in [3.63, 3.8) is 0 Å². The lowest BCUT2D eigenvalue weighted by Gasteiger charge is -2.15. The molecule has 1 fully saturated rings. The number of ether oxygens (including phenoxy) is 1. The van der Waals surface area contributed by atoms with E-state index in [1.165, 1.54) is 22.3 Å². The Labute approximate surface area is 89.4 Å². The number of rotatable bonds is 1. The van der Waals surface area contributed by atoms with Gasteiger partial charge in [0, 0.05) is 0 Å². The molecular weight excluding hydrogens is 190 g/mol. The van der Waals surface area contributed by atoms with Gasteiger partial charge in [-0.2, -0.15) is 0 Å². The molecule has 80 valence electrons. The fraction of sp³-hybridized carbons (Fsp3) is 0.417. The summed E-state index contributed by atoms with van der Waals surface area (Å²) in [6.07, 6.45) is -0.320. The first-order chi connectivity index (χ1) is 7.08. The van der Waals surface area contributed by atoms with Crippen LogP contribution in [0.25, 0.3) is 0 Å². The summed E-state index contributed by atoms with van der Waals surface area (Å²) in [5.41, 5.74) is 4.86. The predicted octanol–water partition coefficient (Wildman–Crippen LogP) is 2.39. The number of hydrogen-bond acceptors (Lipinski definition) is 2. The minimum atomic E-state index is -0.320. The lowest BCUT2D eigenvalue weighted by Crippen LogP contribution is -2.20. The molecule has 0 radical (unpaired) electrons. The lowest BCUT2D eigenvalue weighted by atomic mass is 9.95. The molecular formula is C12H15NO2. The number of nitrogens with one attached hydrogen (secondary N) is 1. The summed E-state index contributed by atoms with van der Waals surface area (Å²) in [6, 6.07) is 4.28. The average Bonchev–Trinajstić information content (AvgIpc) is 2.49. The average molecular weight is 205 g/mol. The maximum absolute atomic E-state index is 11.0. The summed E-state index contributed by atoms with van der Waals surface area (Å²) in [6.45, 7) is 6.65. The van der Waals surface area contributed by atoms with E-state index < -0.39 is 0 Å². The van der Waals surface area contributed by atoms with Crippen LogP contribution in [0.2, 0.25) is 0 Å². The van der Waals surface area contributed by atoms with Crippen LogP contribution in [0.4, 0.5) is 4.79 Å². The number of carbonyl (C=O) groups excluding carboxylic acids is 1. The maximum Gasteiger partial charge on any atom is 0.407 e. The van der Waals surface area contributed by atoms with Gasteiger partial charge in [0.1, 0.15) is 6.61 Å². The van der Waals surface area contributed by atoms with Crippen molar-refractivity contribution in [2.24, 2.45) is 0 Å². The molecule has 1 atom stereocenters. The van der Waals surface area contributed by atoms with Gasteiger partial charge in [-0.25, -0.2) is 4.79 Å². The summed E-state index contributed by atoms with van der Waals surface area (Å²) < 4.78 is 4.91. The van der Waals surface area contributed by atoms with E-state index in [2.05, 4.69) is 38.2 Å². The third kappa shape index (κ3) is 1.82. The van der Waals surface area contributed by atoms with Crippen LogP contribution in [0, 0.1) is 20.8 Å². The Balaban J connectivity index is 2.39. The summed E-state index contributed by atoms with van der Waals surface area (Å²) >= 11 is 0. The van der Waals surface area contributed by atoms with E-state index in [1.54, 1.807) is 0 Å². The van der Waals surface area contributed by atoms with Crippen molar-refractivity contribution in [3.05, 3.63) is 34.4 Å². The topological polar surface area (TPSA) is 38.3 Å². The lowest BCUT2D eigenvalue weighted by molar-refractivity contribution is 0.177. The molecule has 0 bridgehead atoms. The molecule has 3 heteroatoms. The smallest absolute Gasteiger partial charge is 0.407 e. The zero-order valence-corrected chi connectivity index (χ0v) is 9.26. The number of amides is 1. The quantitative estimate of drug-likeness (QED) is 0.764. The number of cyclic esters (lactones) is 1. The summed E-state index contributed by atoms with van der Waals surface area (Å²) in [5.74, 6) is 0. The van der Waals surface area contributed by atoms with Gasteiger partial charge in [0.05, 0.1) is 6.04 Å². The first-order valence-corrected chi connectivity index (χ1v) is 5.09. The standard InChI is InChI=1S/C12H15NO2/c1-7-4-8(2)11(9(3)5-7)10-6-15-12(14)13-10/h4-5,10H,6H2,1-3H3,(H,13,14)/t10-/m0/s1. The predicted molar refractivity (Wildman–Crippen MR) is 57.9 cm³/mol. The highest BCUT2D eigenvalue weighted by Crippen LogP contribution is 2.26. The molecule has 1 heterocycles. The molecule has 15 heavy (non-hydrogen) atoms. The SMILES string of the molecule is Cc1cc(C)c([C@@H]2COC(=O)N2)c(C)c1. The molecule has 0 spiro atoms. The van der Waals surface area contributed by atoms with Crippen molar-refractivity contribution in [1.82, 2.24) is 5.32 Å². The third-order valence-electron chi connectivity index (χ3n) is 2.76. The molecule has 0 saturated carbocycles. The minimum Gasteiger partial charge on any atom is -0.447 e. The van der Waals surface area contributed by atoms with Crippen LogP contribution in [-0.2, 0) is 4.74 Å². The Morgan fingerprint density at radius 1 is 1.27 bits per heavy atom. The van der Waals surface area contributed by atoms with Crippen molar-refractivity contribution < 1.29 is 9.53 Å². The van der Waals surface area contributed by atoms with E-state index in [1.807, 2.05) is 0 Å². The molecule has 1 aliphatic rings. The zero-order chi connectivity index (χ0) is 11.0. The Morgan fingerprint density at radius 3 is 2.33 bits per heavy atom. The fourth-order valence-corrected chi connectivity index (χ4v) is 2.28. The first kappa shape index (κ1) is 10.0. The molecule has 2 rings (SSSR count). The summed E-state index contributed by atoms with van der Waals surface area (Å²) in [7, 11) is 0. The summed E-state index contributed by atoms with van der Waals surface area (Å²) in [5, 5.41) is 2.81. The number of hydrogen-bond donors (Lipinski definition) is 1. The molecule has 1 saturated heterocycles. The maximum atomic E-state index is 11.0. The number of aryl methyl sites for hydroxylation is 3. The van der Waals surface area contributed by atoms with Crippen LogP contribution < -0.4 is 5.32 Å². The van der Waals surface area contributed by atoms with Crippen LogP contribution in [0.5, 0.6) is 0 Å². The van der Waals surface area contributed by atoms with Gasteiger partial charge in [0.15, 0.2) is 0 Å². The molecule has 1 aliphatic heterocycles. The Kier molecular flexibility index (Phi) is 2.39. The fourth-order valence-electron chi connectivity index (χ4n) is 2.28. The van der Waals surface area contributed by atoms with Gasteiger partial charge < -0.3 is 10.1 Å². The van der Waals surface area contributed by atoms with Gasteiger partial charge in [-0.05, 0) is 37.5 Å². The minimum absolute atomic E-state index is 0.0121. The van der Waals surface area contributed by atoms with Gasteiger partial charge >= 0.3 is 6.09 Å². The van der Waals surface area contributed by atoms with E-state index in [0.717, 1.165) is 0 Å².